The van der Waals surface area contributed by atoms with Crippen LogP contribution in [0.25, 0.3) is 11.1 Å². The molecule has 2 heterocycles. The Labute approximate surface area is 135 Å². The fraction of sp³-hybridized carbons (Fsp3) is 0.133. The predicted molar refractivity (Wildman–Crippen MR) is 80.1 cm³/mol. The van der Waals surface area contributed by atoms with Crippen LogP contribution in [-0.4, -0.2) is 35.1 Å². The lowest BCUT2D eigenvalue weighted by Crippen LogP contribution is -2.42. The van der Waals surface area contributed by atoms with Gasteiger partial charge in [-0.05, 0) is 23.8 Å². The largest absolute Gasteiger partial charge is 0.480 e. The normalized spacial score (nSPS) is 13.5. The zero-order chi connectivity index (χ0) is 16.6. The van der Waals surface area contributed by atoms with Crippen LogP contribution in [0.15, 0.2) is 30.5 Å². The molecule has 1 aliphatic heterocycles. The summed E-state index contributed by atoms with van der Waals surface area (Å²) in [6, 6.07) is 5.82. The average molecular weight is 337 g/mol. The van der Waals surface area contributed by atoms with Crippen molar-refractivity contribution in [2.45, 2.75) is 0 Å². The van der Waals surface area contributed by atoms with E-state index in [1.54, 1.807) is 6.07 Å². The molecule has 0 aliphatic carbocycles. The fourth-order valence-corrected chi connectivity index (χ4v) is 2.39. The molecule has 0 atom stereocenters. The molecule has 0 radical (unpaired) electrons. The number of aliphatic carboxylic acids is 1. The maximum absolute atomic E-state index is 13.2. The van der Waals surface area contributed by atoms with Crippen molar-refractivity contribution in [1.29, 1.82) is 0 Å². The van der Waals surface area contributed by atoms with Crippen molar-refractivity contribution in [2.24, 2.45) is 0 Å². The first-order valence-corrected chi connectivity index (χ1v) is 6.94. The number of ether oxygens (including phenoxy) is 1. The monoisotopic (exact) mass is 336 g/mol. The summed E-state index contributed by atoms with van der Waals surface area (Å²) in [5.41, 5.74) is 1.23. The van der Waals surface area contributed by atoms with Gasteiger partial charge in [0.05, 0.1) is 5.02 Å². The van der Waals surface area contributed by atoms with Crippen LogP contribution >= 0.6 is 11.6 Å². The lowest BCUT2D eigenvalue weighted by molar-refractivity contribution is -0.137. The summed E-state index contributed by atoms with van der Waals surface area (Å²) in [5.74, 6) is -1.74. The number of hydrogen-bond acceptors (Lipinski definition) is 4. The predicted octanol–water partition coefficient (Wildman–Crippen LogP) is 2.35. The van der Waals surface area contributed by atoms with E-state index in [1.165, 1.54) is 24.4 Å². The van der Waals surface area contributed by atoms with Crippen LogP contribution in [0.2, 0.25) is 5.02 Å². The minimum absolute atomic E-state index is 0.0242. The Morgan fingerprint density at radius 1 is 1.39 bits per heavy atom. The van der Waals surface area contributed by atoms with E-state index < -0.39 is 24.2 Å². The van der Waals surface area contributed by atoms with Gasteiger partial charge in [0.1, 0.15) is 12.4 Å². The number of rotatable bonds is 3. The van der Waals surface area contributed by atoms with E-state index in [0.717, 1.165) is 4.90 Å². The van der Waals surface area contributed by atoms with E-state index in [9.17, 15) is 14.0 Å². The number of carbonyl (C=O) groups excluding carboxylic acids is 1. The quantitative estimate of drug-likeness (QED) is 0.930. The topological polar surface area (TPSA) is 79.7 Å². The number of nitrogens with zero attached hydrogens (tertiary/aromatic N) is 2. The number of aromatic nitrogens is 1. The third-order valence-electron chi connectivity index (χ3n) is 3.29. The Morgan fingerprint density at radius 3 is 2.87 bits per heavy atom. The summed E-state index contributed by atoms with van der Waals surface area (Å²) in [6.07, 6.45) is 1.44. The number of anilines is 1. The minimum atomic E-state index is -1.15. The van der Waals surface area contributed by atoms with Gasteiger partial charge < -0.3 is 9.84 Å². The smallest absolute Gasteiger partial charge is 0.323 e. The molecule has 23 heavy (non-hydrogen) atoms. The zero-order valence-corrected chi connectivity index (χ0v) is 12.4. The summed E-state index contributed by atoms with van der Waals surface area (Å²) >= 11 is 5.76. The van der Waals surface area contributed by atoms with Crippen LogP contribution in [0.1, 0.15) is 0 Å². The van der Waals surface area contributed by atoms with Crippen molar-refractivity contribution in [1.82, 2.24) is 4.98 Å². The number of amides is 1. The molecule has 0 saturated carbocycles. The summed E-state index contributed by atoms with van der Waals surface area (Å²) in [5, 5.41) is 8.86. The Hall–Kier alpha value is -2.67. The van der Waals surface area contributed by atoms with Crippen LogP contribution in [0, 0.1) is 5.82 Å². The molecule has 0 fully saturated rings. The first-order valence-electron chi connectivity index (χ1n) is 6.56. The standard InChI is InChI=1S/C15H10ClFN2O4/c16-10-3-8(1-2-11(10)17)9-4-12-15(18-5-9)19(6-14(21)22)13(20)7-23-12/h1-5H,6-7H2,(H,21,22). The van der Waals surface area contributed by atoms with Crippen molar-refractivity contribution < 1.29 is 23.8 Å². The molecule has 3 rings (SSSR count). The van der Waals surface area contributed by atoms with E-state index in [1.807, 2.05) is 0 Å². The molecule has 1 aromatic heterocycles. The van der Waals surface area contributed by atoms with Gasteiger partial charge in [-0.2, -0.15) is 0 Å². The van der Waals surface area contributed by atoms with Gasteiger partial charge in [-0.1, -0.05) is 17.7 Å². The molecule has 8 heteroatoms. The van der Waals surface area contributed by atoms with Gasteiger partial charge in [0, 0.05) is 11.8 Å². The van der Waals surface area contributed by atoms with E-state index in [-0.39, 0.29) is 23.2 Å². The van der Waals surface area contributed by atoms with Crippen LogP contribution in [0.4, 0.5) is 10.2 Å². The van der Waals surface area contributed by atoms with E-state index in [2.05, 4.69) is 4.98 Å². The van der Waals surface area contributed by atoms with E-state index in [4.69, 9.17) is 21.4 Å². The van der Waals surface area contributed by atoms with Crippen LogP contribution in [0.5, 0.6) is 5.75 Å². The van der Waals surface area contributed by atoms with Crippen LogP contribution in [-0.2, 0) is 9.59 Å². The van der Waals surface area contributed by atoms with Gasteiger partial charge in [0.25, 0.3) is 5.91 Å². The molecular formula is C15H10ClFN2O4. The zero-order valence-electron chi connectivity index (χ0n) is 11.6. The second-order valence-corrected chi connectivity index (χ2v) is 5.24. The molecule has 0 bridgehead atoms. The van der Waals surface area contributed by atoms with Crippen LogP contribution < -0.4 is 9.64 Å². The summed E-state index contributed by atoms with van der Waals surface area (Å²) in [6.45, 7) is -0.764. The number of carboxylic acids is 1. The minimum Gasteiger partial charge on any atom is -0.480 e. The maximum Gasteiger partial charge on any atom is 0.323 e. The Kier molecular flexibility index (Phi) is 3.87. The lowest BCUT2D eigenvalue weighted by atomic mass is 10.1. The van der Waals surface area contributed by atoms with Crippen molar-refractivity contribution >= 4 is 29.3 Å². The number of hydrogen-bond donors (Lipinski definition) is 1. The SMILES string of the molecule is O=C(O)CN1C(=O)COc2cc(-c3ccc(F)c(Cl)c3)cnc21. The molecule has 0 unspecified atom stereocenters. The van der Waals surface area contributed by atoms with Gasteiger partial charge >= 0.3 is 5.97 Å². The molecule has 1 aromatic carbocycles. The first kappa shape index (κ1) is 15.2. The number of benzene rings is 1. The average Bonchev–Trinajstić information content (AvgIpc) is 2.52. The third-order valence-corrected chi connectivity index (χ3v) is 3.58. The summed E-state index contributed by atoms with van der Waals surface area (Å²) in [7, 11) is 0. The molecule has 2 aromatic rings. The third kappa shape index (κ3) is 2.95. The summed E-state index contributed by atoms with van der Waals surface area (Å²) < 4.78 is 18.5. The highest BCUT2D eigenvalue weighted by molar-refractivity contribution is 6.31. The molecular weight excluding hydrogens is 327 g/mol. The molecule has 1 aliphatic rings. The van der Waals surface area contributed by atoms with Gasteiger partial charge in [-0.15, -0.1) is 0 Å². The molecule has 6 nitrogen and oxygen atoms in total. The molecule has 0 saturated heterocycles. The fourth-order valence-electron chi connectivity index (χ4n) is 2.21. The lowest BCUT2D eigenvalue weighted by Gasteiger charge is -2.27. The molecule has 1 amide bonds. The van der Waals surface area contributed by atoms with Gasteiger partial charge in [-0.25, -0.2) is 9.37 Å². The highest BCUT2D eigenvalue weighted by atomic mass is 35.5. The first-order chi connectivity index (χ1) is 11.0. The number of carboxylic acid groups (broad SMARTS) is 1. The van der Waals surface area contributed by atoms with Crippen molar-refractivity contribution in [3.05, 3.63) is 41.3 Å². The Morgan fingerprint density at radius 2 is 2.17 bits per heavy atom. The van der Waals surface area contributed by atoms with Crippen LogP contribution in [0.3, 0.4) is 0 Å². The van der Waals surface area contributed by atoms with E-state index in [0.29, 0.717) is 11.1 Å². The number of carbonyl (C=O) groups is 2. The number of halogens is 2. The number of fused-ring (bicyclic) bond motifs is 1. The van der Waals surface area contributed by atoms with Crippen molar-refractivity contribution in [3.8, 4) is 16.9 Å². The molecule has 1 N–H and O–H groups in total. The Bertz CT molecular complexity index is 812. The highest BCUT2D eigenvalue weighted by Crippen LogP contribution is 2.34. The van der Waals surface area contributed by atoms with Gasteiger partial charge in [0.15, 0.2) is 18.2 Å². The summed E-state index contributed by atoms with van der Waals surface area (Å²) in [4.78, 5) is 27.8. The van der Waals surface area contributed by atoms with Crippen molar-refractivity contribution in [2.75, 3.05) is 18.1 Å². The van der Waals surface area contributed by atoms with Gasteiger partial charge in [0.2, 0.25) is 0 Å². The van der Waals surface area contributed by atoms with Crippen molar-refractivity contribution in [3.63, 3.8) is 0 Å². The Balaban J connectivity index is 2.00. The second-order valence-electron chi connectivity index (χ2n) is 4.84. The maximum atomic E-state index is 13.2. The number of pyridine rings is 1. The molecule has 0 spiro atoms. The van der Waals surface area contributed by atoms with E-state index >= 15 is 0 Å². The molecule has 118 valence electrons. The highest BCUT2D eigenvalue weighted by Gasteiger charge is 2.29. The van der Waals surface area contributed by atoms with Gasteiger partial charge in [-0.3, -0.25) is 14.5 Å². The second kappa shape index (κ2) is 5.85.